The van der Waals surface area contributed by atoms with Gasteiger partial charge in [0.25, 0.3) is 0 Å². The highest BCUT2D eigenvalue weighted by molar-refractivity contribution is 5.76. The van der Waals surface area contributed by atoms with E-state index in [1.165, 1.54) is 116 Å². The molecule has 1 amide bonds. The van der Waals surface area contributed by atoms with Crippen molar-refractivity contribution in [1.82, 2.24) is 5.32 Å². The van der Waals surface area contributed by atoms with Gasteiger partial charge in [-0.15, -0.1) is 0 Å². The fourth-order valence-corrected chi connectivity index (χ4v) is 6.73. The van der Waals surface area contributed by atoms with Crippen LogP contribution in [0.15, 0.2) is 85.1 Å². The molecule has 0 radical (unpaired) electrons. The van der Waals surface area contributed by atoms with Gasteiger partial charge in [-0.1, -0.05) is 214 Å². The van der Waals surface area contributed by atoms with Gasteiger partial charge in [-0.05, 0) is 83.5 Å². The van der Waals surface area contributed by atoms with Crippen LogP contribution in [0, 0.1) is 0 Å². The van der Waals surface area contributed by atoms with Crippen molar-refractivity contribution in [2.45, 2.75) is 231 Å². The Balaban J connectivity index is 3.66. The number of amides is 1. The molecule has 0 aromatic rings. The Labute approximate surface area is 348 Å². The first kappa shape index (κ1) is 53.6. The predicted molar refractivity (Wildman–Crippen MR) is 248 cm³/mol. The summed E-state index contributed by atoms with van der Waals surface area (Å²) < 4.78 is 0. The molecule has 0 rings (SSSR count). The van der Waals surface area contributed by atoms with Crippen molar-refractivity contribution in [2.75, 3.05) is 6.61 Å². The molecule has 322 valence electrons. The second-order valence-electron chi connectivity index (χ2n) is 15.8. The molecule has 4 nitrogen and oxygen atoms in total. The first-order valence-corrected chi connectivity index (χ1v) is 23.8. The van der Waals surface area contributed by atoms with Gasteiger partial charge in [0.05, 0.1) is 18.8 Å². The molecule has 0 aliphatic rings. The molecule has 2 atom stereocenters. The third kappa shape index (κ3) is 42.7. The predicted octanol–water partition coefficient (Wildman–Crippen LogP) is 15.2. The van der Waals surface area contributed by atoms with E-state index in [4.69, 9.17) is 0 Å². The second kappa shape index (κ2) is 46.9. The number of hydrogen-bond donors (Lipinski definition) is 3. The molecule has 0 bridgehead atoms. The van der Waals surface area contributed by atoms with Gasteiger partial charge in [0, 0.05) is 6.42 Å². The number of carbonyl (C=O) groups excluding carboxylic acids is 1. The molecule has 4 heteroatoms. The maximum absolute atomic E-state index is 12.4. The van der Waals surface area contributed by atoms with Crippen LogP contribution in [0.1, 0.15) is 219 Å². The molecule has 0 saturated heterocycles. The highest BCUT2D eigenvalue weighted by Gasteiger charge is 2.17. The van der Waals surface area contributed by atoms with E-state index >= 15 is 0 Å². The smallest absolute Gasteiger partial charge is 0.220 e. The summed E-state index contributed by atoms with van der Waals surface area (Å²) >= 11 is 0. The minimum atomic E-state index is -0.886. The summed E-state index contributed by atoms with van der Waals surface area (Å²) in [6.07, 6.45) is 68.6. The molecular weight excluding hydrogens is 687 g/mol. The number of allylic oxidation sites excluding steroid dienone is 13. The molecular formula is C52H91NO3. The SMILES string of the molecule is CC/C=C\C/C=C\C/C=C\C/C=C\CCCCCCC(=O)NC(CO)C(O)/C=C/CC/C=C/CC/C=C/CCCCCCCCCCCCCCCCCCC. The topological polar surface area (TPSA) is 69.6 Å². The van der Waals surface area contributed by atoms with Crippen LogP contribution in [0.5, 0.6) is 0 Å². The van der Waals surface area contributed by atoms with Crippen molar-refractivity contribution < 1.29 is 15.0 Å². The number of aliphatic hydroxyl groups is 2. The standard InChI is InChI=1S/C52H91NO3/c1-3-5-7-9-11-13-15-17-19-21-22-23-24-25-26-27-28-29-30-32-33-35-37-39-41-43-45-47-51(55)50(49-54)53-52(56)48-46-44-42-40-38-36-34-31-20-18-16-14-12-10-8-6-4-2/h6,8,12,14,18,20,30,32,34,36-37,39,45,47,50-51,54-55H,3-5,7,9-11,13,15-17,19,21-29,31,33,35,38,40-44,46,48-49H2,1-2H3,(H,53,56)/b8-6-,14-12-,20-18-,32-30+,36-34-,39-37+,47-45+. The minimum absolute atomic E-state index is 0.104. The van der Waals surface area contributed by atoms with Gasteiger partial charge in [0.15, 0.2) is 0 Å². The number of rotatable bonds is 42. The van der Waals surface area contributed by atoms with Gasteiger partial charge in [-0.2, -0.15) is 0 Å². The fraction of sp³-hybridized carbons (Fsp3) is 0.712. The maximum atomic E-state index is 12.4. The summed E-state index contributed by atoms with van der Waals surface area (Å²) in [6, 6.07) is -0.664. The number of nitrogens with one attached hydrogen (secondary N) is 1. The van der Waals surface area contributed by atoms with Crippen LogP contribution in [0.2, 0.25) is 0 Å². The highest BCUT2D eigenvalue weighted by atomic mass is 16.3. The molecule has 0 spiro atoms. The summed E-state index contributed by atoms with van der Waals surface area (Å²) in [7, 11) is 0. The number of aliphatic hydroxyl groups excluding tert-OH is 2. The Morgan fingerprint density at radius 3 is 1.25 bits per heavy atom. The number of carbonyl (C=O) groups is 1. The number of hydrogen-bond acceptors (Lipinski definition) is 3. The van der Waals surface area contributed by atoms with E-state index in [2.05, 4.69) is 92.1 Å². The minimum Gasteiger partial charge on any atom is -0.394 e. The lowest BCUT2D eigenvalue weighted by molar-refractivity contribution is -0.123. The molecule has 0 aliphatic heterocycles. The molecule has 0 fully saturated rings. The molecule has 0 aliphatic carbocycles. The Morgan fingerprint density at radius 1 is 0.446 bits per heavy atom. The molecule has 0 aromatic carbocycles. The largest absolute Gasteiger partial charge is 0.394 e. The van der Waals surface area contributed by atoms with E-state index in [9.17, 15) is 15.0 Å². The van der Waals surface area contributed by atoms with Gasteiger partial charge >= 0.3 is 0 Å². The molecule has 2 unspecified atom stereocenters. The first-order chi connectivity index (χ1) is 27.7. The van der Waals surface area contributed by atoms with Crippen molar-refractivity contribution in [3.05, 3.63) is 85.1 Å². The van der Waals surface area contributed by atoms with E-state index in [1.54, 1.807) is 6.08 Å². The van der Waals surface area contributed by atoms with Crippen LogP contribution in [0.3, 0.4) is 0 Å². The van der Waals surface area contributed by atoms with Crippen molar-refractivity contribution in [3.8, 4) is 0 Å². The highest BCUT2D eigenvalue weighted by Crippen LogP contribution is 2.15. The van der Waals surface area contributed by atoms with E-state index in [0.29, 0.717) is 6.42 Å². The molecule has 0 saturated carbocycles. The lowest BCUT2D eigenvalue weighted by Gasteiger charge is -2.19. The Morgan fingerprint density at radius 2 is 0.804 bits per heavy atom. The maximum Gasteiger partial charge on any atom is 0.220 e. The van der Waals surface area contributed by atoms with Crippen LogP contribution in [0.25, 0.3) is 0 Å². The van der Waals surface area contributed by atoms with Gasteiger partial charge in [-0.25, -0.2) is 0 Å². The van der Waals surface area contributed by atoms with E-state index in [-0.39, 0.29) is 12.5 Å². The Bertz CT molecular complexity index is 1020. The first-order valence-electron chi connectivity index (χ1n) is 23.8. The van der Waals surface area contributed by atoms with Crippen LogP contribution < -0.4 is 5.32 Å². The number of unbranched alkanes of at least 4 members (excludes halogenated alkanes) is 23. The Hall–Kier alpha value is -2.43. The lowest BCUT2D eigenvalue weighted by Crippen LogP contribution is -2.45. The summed E-state index contributed by atoms with van der Waals surface area (Å²) in [5.74, 6) is -0.104. The van der Waals surface area contributed by atoms with Crippen molar-refractivity contribution in [2.24, 2.45) is 0 Å². The van der Waals surface area contributed by atoms with Crippen molar-refractivity contribution >= 4 is 5.91 Å². The monoisotopic (exact) mass is 778 g/mol. The summed E-state index contributed by atoms with van der Waals surface area (Å²) in [4.78, 5) is 12.4. The summed E-state index contributed by atoms with van der Waals surface area (Å²) in [5, 5.41) is 23.0. The average molecular weight is 778 g/mol. The van der Waals surface area contributed by atoms with Gasteiger partial charge in [0.2, 0.25) is 5.91 Å². The van der Waals surface area contributed by atoms with E-state index < -0.39 is 12.1 Å². The normalized spacial score (nSPS) is 13.7. The molecule has 0 heterocycles. The molecule has 3 N–H and O–H groups in total. The lowest BCUT2D eigenvalue weighted by atomic mass is 10.0. The zero-order valence-electron chi connectivity index (χ0n) is 36.9. The third-order valence-corrected chi connectivity index (χ3v) is 10.3. The van der Waals surface area contributed by atoms with Crippen LogP contribution >= 0.6 is 0 Å². The fourth-order valence-electron chi connectivity index (χ4n) is 6.73. The summed E-state index contributed by atoms with van der Waals surface area (Å²) in [6.45, 7) is 4.17. The average Bonchev–Trinajstić information content (AvgIpc) is 3.20. The molecule has 0 aromatic heterocycles. The van der Waals surface area contributed by atoms with E-state index in [1.807, 2.05) is 6.08 Å². The third-order valence-electron chi connectivity index (χ3n) is 10.3. The van der Waals surface area contributed by atoms with Gasteiger partial charge in [0.1, 0.15) is 0 Å². The second-order valence-corrected chi connectivity index (χ2v) is 15.8. The van der Waals surface area contributed by atoms with Crippen LogP contribution in [-0.4, -0.2) is 34.9 Å². The van der Waals surface area contributed by atoms with E-state index in [0.717, 1.165) is 83.5 Å². The van der Waals surface area contributed by atoms with Crippen molar-refractivity contribution in [1.29, 1.82) is 0 Å². The van der Waals surface area contributed by atoms with Crippen LogP contribution in [0.4, 0.5) is 0 Å². The van der Waals surface area contributed by atoms with Crippen molar-refractivity contribution in [3.63, 3.8) is 0 Å². The Kier molecular flexibility index (Phi) is 44.9. The van der Waals surface area contributed by atoms with Crippen LogP contribution in [-0.2, 0) is 4.79 Å². The zero-order valence-corrected chi connectivity index (χ0v) is 36.9. The quantitative estimate of drug-likeness (QED) is 0.0427. The molecule has 56 heavy (non-hydrogen) atoms. The summed E-state index contributed by atoms with van der Waals surface area (Å²) in [5.41, 5.74) is 0. The zero-order chi connectivity index (χ0) is 40.7. The van der Waals surface area contributed by atoms with Gasteiger partial charge < -0.3 is 15.5 Å². The van der Waals surface area contributed by atoms with Gasteiger partial charge in [-0.3, -0.25) is 4.79 Å².